The molecule has 2 aromatic rings. The Kier molecular flexibility index (Phi) is 12.5. The third kappa shape index (κ3) is 10.0. The van der Waals surface area contributed by atoms with Gasteiger partial charge in [-0.1, -0.05) is 54.7 Å². The van der Waals surface area contributed by atoms with Gasteiger partial charge in [-0.05, 0) is 50.3 Å². The second kappa shape index (κ2) is 15.6. The van der Waals surface area contributed by atoms with Crippen molar-refractivity contribution < 1.29 is 23.9 Å². The van der Waals surface area contributed by atoms with Crippen molar-refractivity contribution in [2.45, 2.75) is 71.1 Å². The van der Waals surface area contributed by atoms with Crippen LogP contribution >= 0.6 is 12.2 Å². The highest BCUT2D eigenvalue weighted by molar-refractivity contribution is 7.80. The highest BCUT2D eigenvalue weighted by atomic mass is 32.1. The fourth-order valence-electron chi connectivity index (χ4n) is 3.86. The maximum Gasteiger partial charge on any atom is 0.328 e. The Morgan fingerprint density at radius 3 is 2.37 bits per heavy atom. The highest BCUT2D eigenvalue weighted by Crippen LogP contribution is 2.19. The zero-order valence-corrected chi connectivity index (χ0v) is 22.9. The van der Waals surface area contributed by atoms with Crippen molar-refractivity contribution in [1.82, 2.24) is 16.0 Å². The number of carbonyl (C=O) groups excluding carboxylic acids is 4. The number of benzene rings is 2. The van der Waals surface area contributed by atoms with Crippen LogP contribution in [0.15, 0.2) is 42.5 Å². The molecule has 2 amide bonds. The number of Topliss-reactive ketones (excluding diaryl/α,β-unsaturated/α-hetero) is 1. The van der Waals surface area contributed by atoms with Gasteiger partial charge in [0.15, 0.2) is 5.78 Å². The maximum absolute atomic E-state index is 13.4. The molecule has 0 fully saturated rings. The molecule has 0 saturated carbocycles. The van der Waals surface area contributed by atoms with E-state index in [4.69, 9.17) is 22.4 Å². The molecule has 10 heteroatoms. The first kappa shape index (κ1) is 30.6. The van der Waals surface area contributed by atoms with Gasteiger partial charge in [0.05, 0.1) is 12.3 Å². The molecule has 0 spiro atoms. The van der Waals surface area contributed by atoms with E-state index in [1.165, 1.54) is 6.92 Å². The highest BCUT2D eigenvalue weighted by Gasteiger charge is 2.28. The molecule has 2 atom stereocenters. The molecule has 0 radical (unpaired) electrons. The smallest absolute Gasteiger partial charge is 0.328 e. The number of hydrogen-bond acceptors (Lipinski definition) is 7. The third-order valence-electron chi connectivity index (χ3n) is 5.74. The molecule has 0 aromatic heterocycles. The second-order valence-corrected chi connectivity index (χ2v) is 9.64. The lowest BCUT2D eigenvalue weighted by atomic mass is 10.0. The predicted octanol–water partition coefficient (Wildman–Crippen LogP) is 3.22. The number of carbonyl (C=O) groups is 4. The van der Waals surface area contributed by atoms with Crippen molar-refractivity contribution in [3.63, 3.8) is 0 Å². The summed E-state index contributed by atoms with van der Waals surface area (Å²) in [6, 6.07) is 11.7. The summed E-state index contributed by atoms with van der Waals surface area (Å²) in [4.78, 5) is 49.3. The largest absolute Gasteiger partial charge is 0.461 e. The van der Waals surface area contributed by atoms with Gasteiger partial charge in [-0.2, -0.15) is 0 Å². The zero-order chi connectivity index (χ0) is 28.1. The summed E-state index contributed by atoms with van der Waals surface area (Å²) in [6.45, 7) is 5.32. The van der Waals surface area contributed by atoms with Crippen LogP contribution in [-0.2, 0) is 23.9 Å². The van der Waals surface area contributed by atoms with E-state index in [0.29, 0.717) is 37.0 Å². The summed E-state index contributed by atoms with van der Waals surface area (Å²) in [7, 11) is 0. The fraction of sp³-hybridized carbons (Fsp3) is 0.429. The van der Waals surface area contributed by atoms with Crippen molar-refractivity contribution in [3.8, 4) is 0 Å². The summed E-state index contributed by atoms with van der Waals surface area (Å²) in [5, 5.41) is 17.7. The van der Waals surface area contributed by atoms with Gasteiger partial charge in [-0.25, -0.2) is 4.79 Å². The van der Waals surface area contributed by atoms with Crippen LogP contribution in [-0.4, -0.2) is 59.5 Å². The third-order valence-corrected chi connectivity index (χ3v) is 6.08. The first-order valence-corrected chi connectivity index (χ1v) is 13.1. The average molecular weight is 541 g/mol. The molecular formula is C28H36N4O5S. The van der Waals surface area contributed by atoms with E-state index < -0.39 is 35.8 Å². The van der Waals surface area contributed by atoms with Crippen molar-refractivity contribution >= 4 is 57.8 Å². The Morgan fingerprint density at radius 1 is 0.974 bits per heavy atom. The van der Waals surface area contributed by atoms with Crippen molar-refractivity contribution in [1.29, 1.82) is 5.41 Å². The molecular weight excluding hydrogens is 504 g/mol. The van der Waals surface area contributed by atoms with Crippen LogP contribution in [0.25, 0.3) is 10.8 Å². The molecule has 0 aliphatic rings. The minimum atomic E-state index is -1.05. The van der Waals surface area contributed by atoms with Crippen LogP contribution in [0.1, 0.15) is 58.4 Å². The number of ether oxygens (including phenoxy) is 1. The summed E-state index contributed by atoms with van der Waals surface area (Å²) >= 11 is 5.69. The SMILES string of the molecule is CC(=O)NCCCC[C@H](NC(=S)c1cccc2ccccc12)C(=O)N[C@@H](CCC(=O)C=N)C(=O)OC(C)C. The normalized spacial score (nSPS) is 12.3. The lowest BCUT2D eigenvalue weighted by Crippen LogP contribution is -2.52. The van der Waals surface area contributed by atoms with E-state index in [-0.39, 0.29) is 18.7 Å². The average Bonchev–Trinajstić information content (AvgIpc) is 2.88. The van der Waals surface area contributed by atoms with Gasteiger partial charge < -0.3 is 26.1 Å². The lowest BCUT2D eigenvalue weighted by molar-refractivity contribution is -0.151. The number of unbranched alkanes of at least 4 members (excludes halogenated alkanes) is 1. The summed E-state index contributed by atoms with van der Waals surface area (Å²) in [5.74, 6) is -1.68. The van der Waals surface area contributed by atoms with Gasteiger partial charge in [-0.15, -0.1) is 0 Å². The minimum absolute atomic E-state index is 0.00846. The molecule has 0 saturated heterocycles. The van der Waals surface area contributed by atoms with Crippen LogP contribution in [0.5, 0.6) is 0 Å². The number of rotatable bonds is 15. The Hall–Kier alpha value is -3.66. The van der Waals surface area contributed by atoms with Gasteiger partial charge >= 0.3 is 5.97 Å². The Labute approximate surface area is 228 Å². The Morgan fingerprint density at radius 2 is 1.68 bits per heavy atom. The van der Waals surface area contributed by atoms with Crippen LogP contribution in [0.3, 0.4) is 0 Å². The molecule has 204 valence electrons. The van der Waals surface area contributed by atoms with Crippen LogP contribution in [0, 0.1) is 5.41 Å². The number of ketones is 1. The second-order valence-electron chi connectivity index (χ2n) is 9.23. The Balaban J connectivity index is 2.22. The monoisotopic (exact) mass is 540 g/mol. The standard InChI is InChI=1S/C28H36N4O5S/c1-18(2)37-28(36)25(15-14-21(34)17-29)31-26(35)24(13-6-7-16-30-19(3)33)32-27(38)23-12-8-10-20-9-4-5-11-22(20)23/h4-5,8-12,17-18,24-25,29H,6-7,13-16H2,1-3H3,(H,30,33)(H,31,35)(H,32,38)/t24-,25-/m0/s1. The van der Waals surface area contributed by atoms with E-state index in [2.05, 4.69) is 16.0 Å². The van der Waals surface area contributed by atoms with Crippen LogP contribution in [0.4, 0.5) is 0 Å². The van der Waals surface area contributed by atoms with Crippen molar-refractivity contribution in [2.75, 3.05) is 6.54 Å². The van der Waals surface area contributed by atoms with Gasteiger partial charge in [0.2, 0.25) is 11.8 Å². The van der Waals surface area contributed by atoms with E-state index in [9.17, 15) is 19.2 Å². The fourth-order valence-corrected chi connectivity index (χ4v) is 4.18. The molecule has 0 bridgehead atoms. The van der Waals surface area contributed by atoms with E-state index >= 15 is 0 Å². The van der Waals surface area contributed by atoms with Gasteiger partial charge in [0, 0.05) is 25.5 Å². The molecule has 4 N–H and O–H groups in total. The number of hydrogen-bond donors (Lipinski definition) is 4. The molecule has 0 aliphatic carbocycles. The first-order valence-electron chi connectivity index (χ1n) is 12.7. The molecule has 2 rings (SSSR count). The Bertz CT molecular complexity index is 1160. The number of esters is 1. The number of fused-ring (bicyclic) bond motifs is 1. The van der Waals surface area contributed by atoms with E-state index in [0.717, 1.165) is 16.3 Å². The summed E-state index contributed by atoms with van der Waals surface area (Å²) < 4.78 is 5.28. The molecule has 0 heterocycles. The molecule has 0 aliphatic heterocycles. The molecule has 9 nitrogen and oxygen atoms in total. The van der Waals surface area contributed by atoms with Crippen molar-refractivity contribution in [3.05, 3.63) is 48.0 Å². The van der Waals surface area contributed by atoms with Gasteiger partial charge in [0.1, 0.15) is 17.1 Å². The molecule has 38 heavy (non-hydrogen) atoms. The summed E-state index contributed by atoms with van der Waals surface area (Å²) in [6.07, 6.45) is 1.87. The molecule has 0 unspecified atom stereocenters. The van der Waals surface area contributed by atoms with E-state index in [1.807, 2.05) is 42.5 Å². The molecule has 2 aromatic carbocycles. The number of amides is 2. The quantitative estimate of drug-likeness (QED) is 0.118. The van der Waals surface area contributed by atoms with Gasteiger partial charge in [0.25, 0.3) is 0 Å². The number of thiocarbonyl (C=S) groups is 1. The predicted molar refractivity (Wildman–Crippen MR) is 151 cm³/mol. The van der Waals surface area contributed by atoms with Gasteiger partial charge in [-0.3, -0.25) is 14.4 Å². The maximum atomic E-state index is 13.4. The topological polar surface area (TPSA) is 137 Å². The minimum Gasteiger partial charge on any atom is -0.461 e. The first-order chi connectivity index (χ1) is 18.1. The van der Waals surface area contributed by atoms with Crippen LogP contribution < -0.4 is 16.0 Å². The van der Waals surface area contributed by atoms with E-state index in [1.54, 1.807) is 13.8 Å². The van der Waals surface area contributed by atoms with Crippen LogP contribution in [0.2, 0.25) is 0 Å². The number of nitrogens with one attached hydrogen (secondary N) is 4. The van der Waals surface area contributed by atoms with Crippen molar-refractivity contribution in [2.24, 2.45) is 0 Å². The zero-order valence-electron chi connectivity index (χ0n) is 22.0. The summed E-state index contributed by atoms with van der Waals surface area (Å²) in [5.41, 5.74) is 0.779. The lowest BCUT2D eigenvalue weighted by Gasteiger charge is -2.24.